The third kappa shape index (κ3) is 1.73. The number of nitrogens with zero attached hydrogens (tertiary/aromatic N) is 1. The summed E-state index contributed by atoms with van der Waals surface area (Å²) in [6, 6.07) is 8.52. The number of fused-ring (bicyclic) bond motifs is 3. The first-order valence-electron chi connectivity index (χ1n) is 6.10. The molecule has 2 unspecified atom stereocenters. The molecule has 0 aliphatic carbocycles. The SMILES string of the molecule is O=C(O)CC1Nc2ccccc2N2CCCC12. The van der Waals surface area contributed by atoms with Gasteiger partial charge in [0.05, 0.1) is 23.8 Å². The van der Waals surface area contributed by atoms with Crippen molar-refractivity contribution < 1.29 is 9.90 Å². The van der Waals surface area contributed by atoms with E-state index in [2.05, 4.69) is 16.3 Å². The lowest BCUT2D eigenvalue weighted by Gasteiger charge is -2.40. The monoisotopic (exact) mass is 232 g/mol. The smallest absolute Gasteiger partial charge is 0.305 e. The van der Waals surface area contributed by atoms with E-state index in [1.807, 2.05) is 18.2 Å². The Morgan fingerprint density at radius 2 is 2.29 bits per heavy atom. The predicted octanol–water partition coefficient (Wildman–Crippen LogP) is 1.92. The molecule has 1 saturated heterocycles. The Labute approximate surface area is 100 Å². The minimum absolute atomic E-state index is 0.0323. The largest absolute Gasteiger partial charge is 0.481 e. The topological polar surface area (TPSA) is 52.6 Å². The number of para-hydroxylation sites is 2. The quantitative estimate of drug-likeness (QED) is 0.818. The molecule has 17 heavy (non-hydrogen) atoms. The minimum atomic E-state index is -0.728. The number of carbonyl (C=O) groups is 1. The first-order chi connectivity index (χ1) is 8.25. The van der Waals surface area contributed by atoms with Crippen LogP contribution in [0.1, 0.15) is 19.3 Å². The Kier molecular flexibility index (Phi) is 2.42. The zero-order valence-corrected chi connectivity index (χ0v) is 9.60. The molecule has 3 rings (SSSR count). The fourth-order valence-corrected chi connectivity index (χ4v) is 3.03. The van der Waals surface area contributed by atoms with Gasteiger partial charge in [-0.15, -0.1) is 0 Å². The van der Waals surface area contributed by atoms with E-state index in [1.54, 1.807) is 0 Å². The molecule has 2 N–H and O–H groups in total. The van der Waals surface area contributed by atoms with Crippen LogP contribution in [0.5, 0.6) is 0 Å². The van der Waals surface area contributed by atoms with Crippen LogP contribution in [-0.2, 0) is 4.79 Å². The minimum Gasteiger partial charge on any atom is -0.481 e. The number of benzene rings is 1. The maximum atomic E-state index is 10.9. The van der Waals surface area contributed by atoms with Gasteiger partial charge in [-0.1, -0.05) is 12.1 Å². The Morgan fingerprint density at radius 1 is 1.47 bits per heavy atom. The van der Waals surface area contributed by atoms with Crippen molar-refractivity contribution in [3.8, 4) is 0 Å². The predicted molar refractivity (Wildman–Crippen MR) is 66.5 cm³/mol. The summed E-state index contributed by atoms with van der Waals surface area (Å²) in [6.07, 6.45) is 2.42. The second kappa shape index (κ2) is 3.95. The van der Waals surface area contributed by atoms with Crippen LogP contribution >= 0.6 is 0 Å². The van der Waals surface area contributed by atoms with Crippen LogP contribution in [-0.4, -0.2) is 29.7 Å². The number of anilines is 2. The fourth-order valence-electron chi connectivity index (χ4n) is 3.03. The third-order valence-electron chi connectivity index (χ3n) is 3.71. The molecule has 1 aromatic carbocycles. The molecule has 4 nitrogen and oxygen atoms in total. The van der Waals surface area contributed by atoms with Gasteiger partial charge >= 0.3 is 5.97 Å². The van der Waals surface area contributed by atoms with Crippen molar-refractivity contribution in [1.82, 2.24) is 0 Å². The van der Waals surface area contributed by atoms with Gasteiger partial charge in [-0.3, -0.25) is 4.79 Å². The van der Waals surface area contributed by atoms with Gasteiger partial charge < -0.3 is 15.3 Å². The Balaban J connectivity index is 1.94. The molecule has 2 aliphatic heterocycles. The zero-order chi connectivity index (χ0) is 11.8. The molecule has 2 aliphatic rings. The normalized spacial score (nSPS) is 26.0. The Morgan fingerprint density at radius 3 is 3.12 bits per heavy atom. The van der Waals surface area contributed by atoms with E-state index in [9.17, 15) is 4.79 Å². The van der Waals surface area contributed by atoms with E-state index in [0.717, 1.165) is 25.1 Å². The standard InChI is InChI=1S/C13H16N2O2/c16-13(17)8-10-12-6-3-7-15(12)11-5-2-1-4-9(11)14-10/h1-2,4-5,10,12,14H,3,6-8H2,(H,16,17). The lowest BCUT2D eigenvalue weighted by molar-refractivity contribution is -0.137. The summed E-state index contributed by atoms with van der Waals surface area (Å²) < 4.78 is 0. The van der Waals surface area contributed by atoms with Gasteiger partial charge in [-0.25, -0.2) is 0 Å². The van der Waals surface area contributed by atoms with Gasteiger partial charge in [-0.2, -0.15) is 0 Å². The molecule has 90 valence electrons. The number of nitrogens with one attached hydrogen (secondary N) is 1. The molecule has 0 amide bonds. The van der Waals surface area contributed by atoms with Crippen molar-refractivity contribution in [2.24, 2.45) is 0 Å². The summed E-state index contributed by atoms with van der Waals surface area (Å²) in [4.78, 5) is 13.3. The average molecular weight is 232 g/mol. The van der Waals surface area contributed by atoms with Gasteiger partial charge in [0.1, 0.15) is 0 Å². The van der Waals surface area contributed by atoms with E-state index >= 15 is 0 Å². The molecule has 0 spiro atoms. The summed E-state index contributed by atoms with van der Waals surface area (Å²) >= 11 is 0. The maximum absolute atomic E-state index is 10.9. The van der Waals surface area contributed by atoms with Crippen LogP contribution in [0.15, 0.2) is 24.3 Å². The number of rotatable bonds is 2. The van der Waals surface area contributed by atoms with Crippen LogP contribution < -0.4 is 10.2 Å². The van der Waals surface area contributed by atoms with Crippen LogP contribution in [0.25, 0.3) is 0 Å². The molecular formula is C13H16N2O2. The summed E-state index contributed by atoms with van der Waals surface area (Å²) in [7, 11) is 0. The van der Waals surface area contributed by atoms with E-state index in [-0.39, 0.29) is 12.5 Å². The lowest BCUT2D eigenvalue weighted by atomic mass is 9.98. The van der Waals surface area contributed by atoms with Gasteiger partial charge in [0.15, 0.2) is 0 Å². The molecule has 0 saturated carbocycles. The van der Waals surface area contributed by atoms with E-state index < -0.39 is 5.97 Å². The molecule has 2 atom stereocenters. The summed E-state index contributed by atoms with van der Waals surface area (Å²) in [6.45, 7) is 1.04. The van der Waals surface area contributed by atoms with Crippen molar-refractivity contribution >= 4 is 17.3 Å². The molecular weight excluding hydrogens is 216 g/mol. The van der Waals surface area contributed by atoms with Crippen LogP contribution in [0.2, 0.25) is 0 Å². The number of hydrogen-bond acceptors (Lipinski definition) is 3. The van der Waals surface area contributed by atoms with Crippen molar-refractivity contribution in [2.45, 2.75) is 31.3 Å². The Hall–Kier alpha value is -1.71. The van der Waals surface area contributed by atoms with Crippen molar-refractivity contribution in [1.29, 1.82) is 0 Å². The van der Waals surface area contributed by atoms with Crippen LogP contribution in [0.3, 0.4) is 0 Å². The highest BCUT2D eigenvalue weighted by molar-refractivity contribution is 5.76. The molecule has 0 radical (unpaired) electrons. The number of carboxylic acids is 1. The summed E-state index contributed by atoms with van der Waals surface area (Å²) in [5, 5.41) is 12.4. The third-order valence-corrected chi connectivity index (χ3v) is 3.71. The van der Waals surface area contributed by atoms with Crippen molar-refractivity contribution in [3.05, 3.63) is 24.3 Å². The molecule has 2 heterocycles. The summed E-state index contributed by atoms with van der Waals surface area (Å²) in [5.41, 5.74) is 2.29. The zero-order valence-electron chi connectivity index (χ0n) is 9.60. The van der Waals surface area contributed by atoms with E-state index in [1.165, 1.54) is 5.69 Å². The first-order valence-corrected chi connectivity index (χ1v) is 6.10. The highest BCUT2D eigenvalue weighted by atomic mass is 16.4. The molecule has 0 aromatic heterocycles. The van der Waals surface area contributed by atoms with Gasteiger partial charge in [0, 0.05) is 12.6 Å². The molecule has 0 bridgehead atoms. The molecule has 4 heteroatoms. The lowest BCUT2D eigenvalue weighted by Crippen LogP contribution is -2.48. The highest BCUT2D eigenvalue weighted by Crippen LogP contribution is 2.39. The van der Waals surface area contributed by atoms with Gasteiger partial charge in [-0.05, 0) is 25.0 Å². The molecule has 1 aromatic rings. The van der Waals surface area contributed by atoms with Gasteiger partial charge in [0.25, 0.3) is 0 Å². The van der Waals surface area contributed by atoms with Crippen LogP contribution in [0, 0.1) is 0 Å². The second-order valence-corrected chi connectivity index (χ2v) is 4.77. The Bertz CT molecular complexity index is 447. The van der Waals surface area contributed by atoms with Gasteiger partial charge in [0.2, 0.25) is 0 Å². The van der Waals surface area contributed by atoms with Crippen molar-refractivity contribution in [3.63, 3.8) is 0 Å². The molecule has 1 fully saturated rings. The van der Waals surface area contributed by atoms with Crippen LogP contribution in [0.4, 0.5) is 11.4 Å². The average Bonchev–Trinajstić information content (AvgIpc) is 2.78. The number of aliphatic carboxylic acids is 1. The van der Waals surface area contributed by atoms with E-state index in [4.69, 9.17) is 5.11 Å². The first kappa shape index (κ1) is 10.4. The fraction of sp³-hybridized carbons (Fsp3) is 0.462. The number of hydrogen-bond donors (Lipinski definition) is 2. The summed E-state index contributed by atoms with van der Waals surface area (Å²) in [5.74, 6) is -0.728. The number of carboxylic acid groups (broad SMARTS) is 1. The van der Waals surface area contributed by atoms with Crippen molar-refractivity contribution in [2.75, 3.05) is 16.8 Å². The van der Waals surface area contributed by atoms with E-state index in [0.29, 0.717) is 6.04 Å². The highest BCUT2D eigenvalue weighted by Gasteiger charge is 2.37. The second-order valence-electron chi connectivity index (χ2n) is 4.77. The maximum Gasteiger partial charge on any atom is 0.305 e.